The fourth-order valence-electron chi connectivity index (χ4n) is 2.15. The Morgan fingerprint density at radius 3 is 2.47 bits per heavy atom. The molecule has 15 heavy (non-hydrogen) atoms. The Morgan fingerprint density at radius 1 is 1.33 bits per heavy atom. The lowest BCUT2D eigenvalue weighted by Crippen LogP contribution is -2.31. The van der Waals surface area contributed by atoms with Crippen LogP contribution >= 0.6 is 11.3 Å². The van der Waals surface area contributed by atoms with Gasteiger partial charge in [0, 0.05) is 17.0 Å². The molecule has 2 rings (SSSR count). The first kappa shape index (κ1) is 11.1. The summed E-state index contributed by atoms with van der Waals surface area (Å²) < 4.78 is 0. The summed E-state index contributed by atoms with van der Waals surface area (Å²) in [5.74, 6) is 0.910. The Hall–Kier alpha value is -0.410. The number of rotatable bonds is 4. The Kier molecular flexibility index (Phi) is 3.12. The van der Waals surface area contributed by atoms with Crippen molar-refractivity contribution < 1.29 is 0 Å². The molecule has 1 aliphatic carbocycles. The van der Waals surface area contributed by atoms with E-state index >= 15 is 0 Å². The Morgan fingerprint density at radius 2 is 2.00 bits per heavy atom. The summed E-state index contributed by atoms with van der Waals surface area (Å²) in [6.45, 7) is 8.77. The minimum absolute atomic E-state index is 0.394. The van der Waals surface area contributed by atoms with Gasteiger partial charge in [0.1, 0.15) is 0 Å². The molecule has 1 N–H and O–H groups in total. The standard InChI is InChI=1S/C12H20N2S/c1-7(11-5-6-11)13-8(2)12-9(3)15-10(4)14-12/h7-8,11,13H,5-6H2,1-4H3. The van der Waals surface area contributed by atoms with Gasteiger partial charge in [-0.1, -0.05) is 0 Å². The van der Waals surface area contributed by atoms with Crippen molar-refractivity contribution in [2.45, 2.75) is 52.6 Å². The van der Waals surface area contributed by atoms with Crippen molar-refractivity contribution in [3.05, 3.63) is 15.6 Å². The van der Waals surface area contributed by atoms with E-state index in [-0.39, 0.29) is 0 Å². The van der Waals surface area contributed by atoms with Crippen LogP contribution in [0.1, 0.15) is 48.3 Å². The van der Waals surface area contributed by atoms with Crippen molar-refractivity contribution in [3.63, 3.8) is 0 Å². The Labute approximate surface area is 96.1 Å². The molecule has 1 saturated carbocycles. The topological polar surface area (TPSA) is 24.9 Å². The number of thiazole rings is 1. The van der Waals surface area contributed by atoms with Gasteiger partial charge >= 0.3 is 0 Å². The maximum Gasteiger partial charge on any atom is 0.0900 e. The Balaban J connectivity index is 2.00. The predicted octanol–water partition coefficient (Wildman–Crippen LogP) is 3.21. The largest absolute Gasteiger partial charge is 0.306 e. The summed E-state index contributed by atoms with van der Waals surface area (Å²) in [6, 6.07) is 1.03. The zero-order chi connectivity index (χ0) is 11.0. The van der Waals surface area contributed by atoms with Crippen LogP contribution in [0.25, 0.3) is 0 Å². The predicted molar refractivity (Wildman–Crippen MR) is 65.3 cm³/mol. The molecule has 0 bridgehead atoms. The zero-order valence-corrected chi connectivity index (χ0v) is 10.8. The number of aryl methyl sites for hydroxylation is 2. The molecule has 0 amide bonds. The van der Waals surface area contributed by atoms with Gasteiger partial charge in [-0.3, -0.25) is 0 Å². The molecule has 0 spiro atoms. The number of aromatic nitrogens is 1. The van der Waals surface area contributed by atoms with E-state index in [0.29, 0.717) is 12.1 Å². The molecular weight excluding hydrogens is 204 g/mol. The highest BCUT2D eigenvalue weighted by atomic mass is 32.1. The average molecular weight is 224 g/mol. The molecule has 2 atom stereocenters. The first-order valence-corrected chi connectivity index (χ1v) is 6.59. The van der Waals surface area contributed by atoms with E-state index in [0.717, 1.165) is 5.92 Å². The molecule has 3 heteroatoms. The van der Waals surface area contributed by atoms with Crippen LogP contribution in [0.15, 0.2) is 0 Å². The lowest BCUT2D eigenvalue weighted by atomic mass is 10.1. The molecular formula is C12H20N2S. The van der Waals surface area contributed by atoms with Crippen LogP contribution in [-0.4, -0.2) is 11.0 Å². The summed E-state index contributed by atoms with van der Waals surface area (Å²) in [4.78, 5) is 5.96. The molecule has 1 aromatic heterocycles. The molecule has 1 aliphatic rings. The maximum atomic E-state index is 4.60. The van der Waals surface area contributed by atoms with E-state index in [2.05, 4.69) is 38.0 Å². The fourth-order valence-corrected chi connectivity index (χ4v) is 3.07. The monoisotopic (exact) mass is 224 g/mol. The van der Waals surface area contributed by atoms with Gasteiger partial charge in [-0.2, -0.15) is 0 Å². The molecule has 1 aromatic rings. The van der Waals surface area contributed by atoms with Gasteiger partial charge in [-0.15, -0.1) is 11.3 Å². The van der Waals surface area contributed by atoms with E-state index in [1.165, 1.54) is 28.4 Å². The summed E-state index contributed by atoms with van der Waals surface area (Å²) in [5.41, 5.74) is 1.24. The van der Waals surface area contributed by atoms with Gasteiger partial charge in [-0.05, 0) is 46.5 Å². The van der Waals surface area contributed by atoms with E-state index < -0.39 is 0 Å². The third-order valence-corrected chi connectivity index (χ3v) is 4.09. The highest BCUT2D eigenvalue weighted by Crippen LogP contribution is 2.33. The number of hydrogen-bond donors (Lipinski definition) is 1. The van der Waals surface area contributed by atoms with Crippen molar-refractivity contribution in [2.75, 3.05) is 0 Å². The fraction of sp³-hybridized carbons (Fsp3) is 0.750. The summed E-state index contributed by atoms with van der Waals surface area (Å²) in [5, 5.41) is 4.83. The summed E-state index contributed by atoms with van der Waals surface area (Å²) in [6.07, 6.45) is 2.80. The molecule has 2 nitrogen and oxygen atoms in total. The molecule has 0 aromatic carbocycles. The third-order valence-electron chi connectivity index (χ3n) is 3.19. The minimum Gasteiger partial charge on any atom is -0.306 e. The van der Waals surface area contributed by atoms with Crippen LogP contribution < -0.4 is 5.32 Å². The van der Waals surface area contributed by atoms with Gasteiger partial charge in [-0.25, -0.2) is 4.98 Å². The van der Waals surface area contributed by atoms with Crippen molar-refractivity contribution in [1.29, 1.82) is 0 Å². The first-order valence-electron chi connectivity index (χ1n) is 5.78. The smallest absolute Gasteiger partial charge is 0.0900 e. The average Bonchev–Trinajstić information content (AvgIpc) is 2.92. The second-order valence-corrected chi connectivity index (χ2v) is 6.10. The lowest BCUT2D eigenvalue weighted by Gasteiger charge is -2.18. The summed E-state index contributed by atoms with van der Waals surface area (Å²) >= 11 is 1.80. The van der Waals surface area contributed by atoms with Gasteiger partial charge in [0.2, 0.25) is 0 Å². The van der Waals surface area contributed by atoms with E-state index in [1.807, 2.05) is 0 Å². The molecule has 84 valence electrons. The molecule has 1 fully saturated rings. The molecule has 2 unspecified atom stereocenters. The van der Waals surface area contributed by atoms with Crippen molar-refractivity contribution >= 4 is 11.3 Å². The first-order chi connectivity index (χ1) is 7.08. The zero-order valence-electron chi connectivity index (χ0n) is 10.0. The molecule has 0 radical (unpaired) electrons. The van der Waals surface area contributed by atoms with Gasteiger partial charge < -0.3 is 5.32 Å². The number of hydrogen-bond acceptors (Lipinski definition) is 3. The third kappa shape index (κ3) is 2.58. The highest BCUT2D eigenvalue weighted by molar-refractivity contribution is 7.11. The van der Waals surface area contributed by atoms with Crippen molar-refractivity contribution in [1.82, 2.24) is 10.3 Å². The van der Waals surface area contributed by atoms with Crippen molar-refractivity contribution in [2.24, 2.45) is 5.92 Å². The second kappa shape index (κ2) is 4.22. The van der Waals surface area contributed by atoms with Crippen LogP contribution in [-0.2, 0) is 0 Å². The minimum atomic E-state index is 0.394. The SMILES string of the molecule is Cc1nc(C(C)NC(C)C2CC2)c(C)s1. The van der Waals surface area contributed by atoms with Gasteiger partial charge in [0.15, 0.2) is 0 Å². The Bertz CT molecular complexity index is 341. The quantitative estimate of drug-likeness (QED) is 0.849. The molecule has 0 saturated heterocycles. The van der Waals surface area contributed by atoms with Crippen LogP contribution in [0.2, 0.25) is 0 Å². The van der Waals surface area contributed by atoms with Crippen LogP contribution in [0.3, 0.4) is 0 Å². The van der Waals surface area contributed by atoms with Crippen LogP contribution in [0.5, 0.6) is 0 Å². The normalized spacial score (nSPS) is 20.3. The van der Waals surface area contributed by atoms with E-state index in [9.17, 15) is 0 Å². The van der Waals surface area contributed by atoms with Crippen molar-refractivity contribution in [3.8, 4) is 0 Å². The molecule has 0 aliphatic heterocycles. The second-order valence-electron chi connectivity index (χ2n) is 4.69. The highest BCUT2D eigenvalue weighted by Gasteiger charge is 2.29. The summed E-state index contributed by atoms with van der Waals surface area (Å²) in [7, 11) is 0. The lowest BCUT2D eigenvalue weighted by molar-refractivity contribution is 0.436. The van der Waals surface area contributed by atoms with Gasteiger partial charge in [0.05, 0.1) is 10.7 Å². The molecule has 1 heterocycles. The number of nitrogens with one attached hydrogen (secondary N) is 1. The maximum absolute atomic E-state index is 4.60. The van der Waals surface area contributed by atoms with Gasteiger partial charge in [0.25, 0.3) is 0 Å². The number of nitrogens with zero attached hydrogens (tertiary/aromatic N) is 1. The van der Waals surface area contributed by atoms with Crippen LogP contribution in [0, 0.1) is 19.8 Å². The van der Waals surface area contributed by atoms with E-state index in [4.69, 9.17) is 0 Å². The van der Waals surface area contributed by atoms with Crippen LogP contribution in [0.4, 0.5) is 0 Å². The van der Waals surface area contributed by atoms with E-state index in [1.54, 1.807) is 11.3 Å².